The molecule has 1 N–H and O–H groups in total. The van der Waals surface area contributed by atoms with Crippen LogP contribution in [0.25, 0.3) is 0 Å². The first-order valence-corrected chi connectivity index (χ1v) is 7.74. The Morgan fingerprint density at radius 1 is 1.25 bits per heavy atom. The van der Waals surface area contributed by atoms with Gasteiger partial charge in [0.25, 0.3) is 0 Å². The molecule has 0 unspecified atom stereocenters. The van der Waals surface area contributed by atoms with E-state index < -0.39 is 15.9 Å². The van der Waals surface area contributed by atoms with Crippen LogP contribution in [0.2, 0.25) is 0 Å². The lowest BCUT2D eigenvalue weighted by Gasteiger charge is -2.02. The third-order valence-electron chi connectivity index (χ3n) is 2.77. The van der Waals surface area contributed by atoms with Crippen LogP contribution in [0.3, 0.4) is 0 Å². The average Bonchev–Trinajstić information content (AvgIpc) is 2.45. The average molecular weight is 244 g/mol. The van der Waals surface area contributed by atoms with Crippen LogP contribution in [0.15, 0.2) is 0 Å². The summed E-state index contributed by atoms with van der Waals surface area (Å²) >= 11 is 0. The van der Waals surface area contributed by atoms with Crippen LogP contribution in [0.5, 0.6) is 0 Å². The smallest absolute Gasteiger partial charge is 0.154 e. The highest BCUT2D eigenvalue weighted by molar-refractivity contribution is 7.91. The van der Waals surface area contributed by atoms with Crippen LogP contribution in [-0.4, -0.2) is 31.1 Å². The van der Waals surface area contributed by atoms with Crippen molar-refractivity contribution < 1.29 is 13.5 Å². The molecule has 0 aromatic carbocycles. The van der Waals surface area contributed by atoms with Crippen molar-refractivity contribution in [3.05, 3.63) is 0 Å². The van der Waals surface area contributed by atoms with E-state index in [-0.39, 0.29) is 17.4 Å². The Hall–Kier alpha value is -0.530. The van der Waals surface area contributed by atoms with E-state index in [0.29, 0.717) is 0 Å². The number of sulfone groups is 1. The van der Waals surface area contributed by atoms with Gasteiger partial charge in [0, 0.05) is 6.42 Å². The van der Waals surface area contributed by atoms with Gasteiger partial charge in [-0.25, -0.2) is 8.42 Å². The number of aliphatic hydroxyl groups is 1. The van der Waals surface area contributed by atoms with E-state index in [4.69, 9.17) is 0 Å². The van der Waals surface area contributed by atoms with Gasteiger partial charge in [-0.3, -0.25) is 0 Å². The van der Waals surface area contributed by atoms with Crippen LogP contribution in [0, 0.1) is 17.8 Å². The minimum Gasteiger partial charge on any atom is -0.391 e. The van der Waals surface area contributed by atoms with E-state index in [9.17, 15) is 13.5 Å². The molecule has 4 heteroatoms. The topological polar surface area (TPSA) is 54.4 Å². The van der Waals surface area contributed by atoms with E-state index in [2.05, 4.69) is 18.8 Å². The molecule has 0 bridgehead atoms. The minimum atomic E-state index is -3.05. The Balaban J connectivity index is 2.30. The van der Waals surface area contributed by atoms with Gasteiger partial charge >= 0.3 is 0 Å². The molecule has 1 rings (SSSR count). The van der Waals surface area contributed by atoms with Gasteiger partial charge in [0.1, 0.15) is 0 Å². The molecule has 0 spiro atoms. The third-order valence-corrected chi connectivity index (χ3v) is 4.48. The van der Waals surface area contributed by atoms with Gasteiger partial charge in [-0.2, -0.15) is 0 Å². The summed E-state index contributed by atoms with van der Waals surface area (Å²) in [7, 11) is -3.05. The molecule has 1 fully saturated rings. The predicted octanol–water partition coefficient (Wildman–Crippen LogP) is 1.37. The molecule has 1 aliphatic rings. The SMILES string of the molecule is CCCCCCC#C[C@@H]1CS(=O)(=O)C[C@H]1O. The number of rotatable bonds is 4. The number of hydrogen-bond donors (Lipinski definition) is 1. The molecule has 0 aromatic rings. The molecule has 0 radical (unpaired) electrons. The molecule has 2 atom stereocenters. The fourth-order valence-electron chi connectivity index (χ4n) is 1.81. The van der Waals surface area contributed by atoms with Crippen LogP contribution < -0.4 is 0 Å². The lowest BCUT2D eigenvalue weighted by atomic mass is 10.1. The summed E-state index contributed by atoms with van der Waals surface area (Å²) in [6.45, 7) is 2.16. The monoisotopic (exact) mass is 244 g/mol. The van der Waals surface area contributed by atoms with Crippen molar-refractivity contribution in [3.63, 3.8) is 0 Å². The summed E-state index contributed by atoms with van der Waals surface area (Å²) in [5.41, 5.74) is 0. The molecular formula is C12H20O3S. The molecular weight excluding hydrogens is 224 g/mol. The van der Waals surface area contributed by atoms with Gasteiger partial charge in [-0.05, 0) is 6.42 Å². The molecule has 1 heterocycles. The van der Waals surface area contributed by atoms with Crippen LogP contribution in [0.1, 0.15) is 39.0 Å². The standard InChI is InChI=1S/C12H20O3S/c1-2-3-4-5-6-7-8-11-9-16(14,15)10-12(11)13/h11-13H,2-6,9-10H2,1H3/t11-,12-/m1/s1. The normalized spacial score (nSPS) is 27.4. The minimum absolute atomic E-state index is 0.0239. The van der Waals surface area contributed by atoms with Crippen molar-refractivity contribution in [1.29, 1.82) is 0 Å². The quantitative estimate of drug-likeness (QED) is 0.600. The maximum Gasteiger partial charge on any atom is 0.154 e. The maximum absolute atomic E-state index is 11.2. The molecule has 1 saturated heterocycles. The molecule has 92 valence electrons. The summed E-state index contributed by atoms with van der Waals surface area (Å²) in [5.74, 6) is 5.40. The number of unbranched alkanes of at least 4 members (excludes halogenated alkanes) is 4. The predicted molar refractivity (Wildman–Crippen MR) is 64.7 cm³/mol. The van der Waals surface area contributed by atoms with Crippen molar-refractivity contribution in [3.8, 4) is 11.8 Å². The van der Waals surface area contributed by atoms with E-state index >= 15 is 0 Å². The number of aliphatic hydroxyl groups excluding tert-OH is 1. The van der Waals surface area contributed by atoms with Gasteiger partial charge in [0.2, 0.25) is 0 Å². The summed E-state index contributed by atoms with van der Waals surface area (Å²) < 4.78 is 22.4. The third kappa shape index (κ3) is 4.54. The van der Waals surface area contributed by atoms with Crippen molar-refractivity contribution in [1.82, 2.24) is 0 Å². The van der Waals surface area contributed by atoms with Crippen molar-refractivity contribution in [2.45, 2.75) is 45.1 Å². The van der Waals surface area contributed by atoms with Crippen molar-refractivity contribution in [2.75, 3.05) is 11.5 Å². The van der Waals surface area contributed by atoms with Gasteiger partial charge < -0.3 is 5.11 Å². The summed E-state index contributed by atoms with van der Waals surface area (Å²) in [6.07, 6.45) is 4.69. The van der Waals surface area contributed by atoms with E-state index in [1.165, 1.54) is 19.3 Å². The zero-order valence-electron chi connectivity index (χ0n) is 9.78. The van der Waals surface area contributed by atoms with Crippen LogP contribution in [0.4, 0.5) is 0 Å². The Morgan fingerprint density at radius 2 is 2.00 bits per heavy atom. The first-order valence-electron chi connectivity index (χ1n) is 5.92. The lowest BCUT2D eigenvalue weighted by Crippen LogP contribution is -2.15. The van der Waals surface area contributed by atoms with Crippen LogP contribution >= 0.6 is 0 Å². The Morgan fingerprint density at radius 3 is 2.56 bits per heavy atom. The van der Waals surface area contributed by atoms with Gasteiger partial charge in [0.15, 0.2) is 9.84 Å². The highest BCUT2D eigenvalue weighted by Gasteiger charge is 2.35. The molecule has 0 saturated carbocycles. The lowest BCUT2D eigenvalue weighted by molar-refractivity contribution is 0.174. The highest BCUT2D eigenvalue weighted by Crippen LogP contribution is 2.18. The fourth-order valence-corrected chi connectivity index (χ4v) is 3.55. The Bertz CT molecular complexity index is 361. The van der Waals surface area contributed by atoms with Gasteiger partial charge in [-0.15, -0.1) is 5.92 Å². The maximum atomic E-state index is 11.2. The first-order chi connectivity index (χ1) is 7.55. The van der Waals surface area contributed by atoms with E-state index in [1.807, 2.05) is 0 Å². The summed E-state index contributed by atoms with van der Waals surface area (Å²) in [6, 6.07) is 0. The molecule has 16 heavy (non-hydrogen) atoms. The zero-order chi connectivity index (χ0) is 12.0. The molecule has 0 aliphatic carbocycles. The molecule has 0 amide bonds. The largest absolute Gasteiger partial charge is 0.391 e. The molecule has 3 nitrogen and oxygen atoms in total. The van der Waals surface area contributed by atoms with Crippen LogP contribution in [-0.2, 0) is 9.84 Å². The van der Waals surface area contributed by atoms with E-state index in [1.54, 1.807) is 0 Å². The Labute approximate surface area is 98.2 Å². The second-order valence-electron chi connectivity index (χ2n) is 4.38. The first kappa shape index (κ1) is 13.5. The van der Waals surface area contributed by atoms with Crippen molar-refractivity contribution in [2.24, 2.45) is 5.92 Å². The second kappa shape index (κ2) is 6.27. The fraction of sp³-hybridized carbons (Fsp3) is 0.833. The zero-order valence-corrected chi connectivity index (χ0v) is 10.6. The van der Waals surface area contributed by atoms with Gasteiger partial charge in [0.05, 0.1) is 23.5 Å². The summed E-state index contributed by atoms with van der Waals surface area (Å²) in [4.78, 5) is 0. The Kier molecular flexibility index (Phi) is 5.30. The second-order valence-corrected chi connectivity index (χ2v) is 6.54. The molecule has 0 aromatic heterocycles. The number of hydrogen-bond acceptors (Lipinski definition) is 3. The summed E-state index contributed by atoms with van der Waals surface area (Å²) in [5, 5.41) is 9.48. The van der Waals surface area contributed by atoms with E-state index in [0.717, 1.165) is 12.8 Å². The highest BCUT2D eigenvalue weighted by atomic mass is 32.2. The van der Waals surface area contributed by atoms with Gasteiger partial charge in [-0.1, -0.05) is 32.1 Å². The van der Waals surface area contributed by atoms with Crippen molar-refractivity contribution >= 4 is 9.84 Å². The molecule has 1 aliphatic heterocycles.